The molecule has 5 rings (SSSR count). The Kier molecular flexibility index (Phi) is 9.85. The number of anilines is 1. The molecule has 1 aliphatic rings. The standard InChI is InChI=1S/C32H28Cl2FN3O5S/c33-23-13-15-24(16-14-23)44(41,42)37(19-25-26(34)9-6-10-27(25)35)21-31(39)38-20-30(43-29-12-5-4-11-28(29)38)32(40)36-18-17-22-7-2-1-3-8-22/h1-16,30H,17-21H2,(H,36,40)/t30-/m0/s1. The molecule has 0 fully saturated rings. The molecule has 2 amide bonds. The number of benzene rings is 4. The Labute approximate surface area is 265 Å². The number of nitrogens with one attached hydrogen (secondary N) is 1. The first-order chi connectivity index (χ1) is 21.1. The maximum Gasteiger partial charge on any atom is 0.262 e. The lowest BCUT2D eigenvalue weighted by Gasteiger charge is -2.35. The van der Waals surface area contributed by atoms with Crippen LogP contribution in [0.1, 0.15) is 11.1 Å². The van der Waals surface area contributed by atoms with Crippen LogP contribution < -0.4 is 15.0 Å². The van der Waals surface area contributed by atoms with Crippen molar-refractivity contribution in [1.82, 2.24) is 9.62 Å². The molecular formula is C32H28Cl2FN3O5S. The Bertz CT molecular complexity index is 1740. The Hall–Kier alpha value is -3.96. The zero-order valence-corrected chi connectivity index (χ0v) is 25.7. The minimum atomic E-state index is -4.34. The highest BCUT2D eigenvalue weighted by Gasteiger charge is 2.36. The number of hydrogen-bond acceptors (Lipinski definition) is 5. The number of halogens is 3. The van der Waals surface area contributed by atoms with E-state index in [-0.39, 0.29) is 22.0 Å². The molecule has 0 radical (unpaired) electrons. The SMILES string of the molecule is O=C(NCCc1ccccc1)[C@@H]1CN(C(=O)CN(Cc2c(F)cccc2Cl)S(=O)(=O)c2ccc(Cl)cc2)c2ccccc2O1. The predicted molar refractivity (Wildman–Crippen MR) is 167 cm³/mol. The summed E-state index contributed by atoms with van der Waals surface area (Å²) in [6.07, 6.45) is -0.443. The summed E-state index contributed by atoms with van der Waals surface area (Å²) in [6, 6.07) is 25.7. The molecule has 4 aromatic carbocycles. The van der Waals surface area contributed by atoms with E-state index in [0.29, 0.717) is 29.4 Å². The van der Waals surface area contributed by atoms with Gasteiger partial charge in [-0.2, -0.15) is 4.31 Å². The molecule has 1 heterocycles. The second-order valence-corrected chi connectivity index (χ2v) is 12.8. The lowest BCUT2D eigenvalue weighted by atomic mass is 10.1. The lowest BCUT2D eigenvalue weighted by Crippen LogP contribution is -2.53. The Morgan fingerprint density at radius 1 is 0.932 bits per heavy atom. The normalized spacial score (nSPS) is 14.5. The molecule has 0 aromatic heterocycles. The van der Waals surface area contributed by atoms with Crippen LogP contribution >= 0.6 is 23.2 Å². The van der Waals surface area contributed by atoms with E-state index < -0.39 is 46.8 Å². The molecular weight excluding hydrogens is 628 g/mol. The summed E-state index contributed by atoms with van der Waals surface area (Å²) in [5.41, 5.74) is 1.34. The molecule has 0 aliphatic carbocycles. The molecule has 0 unspecified atom stereocenters. The number of para-hydroxylation sites is 2. The first kappa shape index (κ1) is 31.5. The van der Waals surface area contributed by atoms with E-state index in [2.05, 4.69) is 5.32 Å². The van der Waals surface area contributed by atoms with Gasteiger partial charge in [0.25, 0.3) is 5.91 Å². The number of carbonyl (C=O) groups is 2. The van der Waals surface area contributed by atoms with Crippen LogP contribution in [-0.4, -0.2) is 50.3 Å². The highest BCUT2D eigenvalue weighted by Crippen LogP contribution is 2.34. The van der Waals surface area contributed by atoms with Crippen LogP contribution in [-0.2, 0) is 32.6 Å². The summed E-state index contributed by atoms with van der Waals surface area (Å²) < 4.78 is 49.2. The molecule has 1 N–H and O–H groups in total. The fourth-order valence-corrected chi connectivity index (χ4v) is 6.48. The fourth-order valence-electron chi connectivity index (χ4n) is 4.77. The largest absolute Gasteiger partial charge is 0.477 e. The monoisotopic (exact) mass is 655 g/mol. The van der Waals surface area contributed by atoms with Crippen LogP contribution in [0.15, 0.2) is 102 Å². The summed E-state index contributed by atoms with van der Waals surface area (Å²) >= 11 is 12.2. The Morgan fingerprint density at radius 2 is 1.64 bits per heavy atom. The third-order valence-electron chi connectivity index (χ3n) is 7.08. The molecule has 0 saturated carbocycles. The second kappa shape index (κ2) is 13.8. The van der Waals surface area contributed by atoms with Crippen molar-refractivity contribution < 1.29 is 27.1 Å². The van der Waals surface area contributed by atoms with Crippen molar-refractivity contribution >= 4 is 50.7 Å². The van der Waals surface area contributed by atoms with Gasteiger partial charge in [0.1, 0.15) is 11.6 Å². The minimum Gasteiger partial charge on any atom is -0.477 e. The molecule has 0 bridgehead atoms. The third-order valence-corrected chi connectivity index (χ3v) is 9.49. The second-order valence-electron chi connectivity index (χ2n) is 10.0. The Balaban J connectivity index is 1.40. The molecule has 0 saturated heterocycles. The first-order valence-electron chi connectivity index (χ1n) is 13.7. The van der Waals surface area contributed by atoms with Gasteiger partial charge in [-0.25, -0.2) is 12.8 Å². The lowest BCUT2D eigenvalue weighted by molar-refractivity contribution is -0.128. The first-order valence-corrected chi connectivity index (χ1v) is 15.9. The van der Waals surface area contributed by atoms with Gasteiger partial charge in [-0.05, 0) is 60.5 Å². The summed E-state index contributed by atoms with van der Waals surface area (Å²) in [7, 11) is -4.34. The van der Waals surface area contributed by atoms with Crippen LogP contribution in [0, 0.1) is 5.82 Å². The van der Waals surface area contributed by atoms with Gasteiger partial charge in [-0.3, -0.25) is 9.59 Å². The molecule has 1 aliphatic heterocycles. The van der Waals surface area contributed by atoms with Gasteiger partial charge in [0, 0.05) is 28.7 Å². The number of rotatable bonds is 10. The molecule has 228 valence electrons. The van der Waals surface area contributed by atoms with E-state index in [0.717, 1.165) is 15.9 Å². The number of fused-ring (bicyclic) bond motifs is 1. The molecule has 44 heavy (non-hydrogen) atoms. The summed E-state index contributed by atoms with van der Waals surface area (Å²) in [5.74, 6) is -1.49. The fraction of sp³-hybridized carbons (Fsp3) is 0.188. The smallest absolute Gasteiger partial charge is 0.262 e. The third kappa shape index (κ3) is 7.22. The zero-order chi connectivity index (χ0) is 31.3. The van der Waals surface area contributed by atoms with E-state index in [9.17, 15) is 22.4 Å². The predicted octanol–water partition coefficient (Wildman–Crippen LogP) is 5.48. The van der Waals surface area contributed by atoms with Crippen LogP contribution in [0.3, 0.4) is 0 Å². The van der Waals surface area contributed by atoms with Gasteiger partial charge < -0.3 is 15.0 Å². The highest BCUT2D eigenvalue weighted by atomic mass is 35.5. The maximum absolute atomic E-state index is 14.8. The van der Waals surface area contributed by atoms with Crippen LogP contribution in [0.25, 0.3) is 0 Å². The van der Waals surface area contributed by atoms with Crippen molar-refractivity contribution in [3.05, 3.63) is 124 Å². The number of sulfonamides is 1. The molecule has 8 nitrogen and oxygen atoms in total. The van der Waals surface area contributed by atoms with E-state index in [4.69, 9.17) is 27.9 Å². The quantitative estimate of drug-likeness (QED) is 0.244. The van der Waals surface area contributed by atoms with Crippen molar-refractivity contribution in [3.8, 4) is 5.75 Å². The molecule has 1 atom stereocenters. The van der Waals surface area contributed by atoms with Crippen molar-refractivity contribution in [3.63, 3.8) is 0 Å². The van der Waals surface area contributed by atoms with Gasteiger partial charge in [0.2, 0.25) is 15.9 Å². The maximum atomic E-state index is 14.8. The highest BCUT2D eigenvalue weighted by molar-refractivity contribution is 7.89. The number of carbonyl (C=O) groups excluding carboxylic acids is 2. The summed E-state index contributed by atoms with van der Waals surface area (Å²) in [6.45, 7) is -0.999. The Morgan fingerprint density at radius 3 is 2.36 bits per heavy atom. The summed E-state index contributed by atoms with van der Waals surface area (Å²) in [5, 5.41) is 3.18. The van der Waals surface area contributed by atoms with Crippen molar-refractivity contribution in [2.24, 2.45) is 0 Å². The molecule has 12 heteroatoms. The van der Waals surface area contributed by atoms with Crippen LogP contribution in [0.2, 0.25) is 10.0 Å². The van der Waals surface area contributed by atoms with Gasteiger partial charge in [0.05, 0.1) is 23.7 Å². The van der Waals surface area contributed by atoms with Gasteiger partial charge >= 0.3 is 0 Å². The molecule has 0 spiro atoms. The topological polar surface area (TPSA) is 96.0 Å². The average molecular weight is 657 g/mol. The number of amides is 2. The van der Waals surface area contributed by atoms with E-state index in [1.807, 2.05) is 30.3 Å². The van der Waals surface area contributed by atoms with Crippen molar-refractivity contribution in [2.45, 2.75) is 24.0 Å². The van der Waals surface area contributed by atoms with Crippen LogP contribution in [0.4, 0.5) is 10.1 Å². The average Bonchev–Trinajstić information content (AvgIpc) is 3.02. The van der Waals surface area contributed by atoms with Crippen LogP contribution in [0.5, 0.6) is 5.75 Å². The van der Waals surface area contributed by atoms with E-state index in [1.165, 1.54) is 41.3 Å². The van der Waals surface area contributed by atoms with Gasteiger partial charge in [-0.1, -0.05) is 71.7 Å². The van der Waals surface area contributed by atoms with Gasteiger partial charge in [0.15, 0.2) is 6.10 Å². The number of ether oxygens (including phenoxy) is 1. The number of hydrogen-bond donors (Lipinski definition) is 1. The minimum absolute atomic E-state index is 0.0118. The van der Waals surface area contributed by atoms with E-state index >= 15 is 0 Å². The number of nitrogens with zero attached hydrogens (tertiary/aromatic N) is 2. The van der Waals surface area contributed by atoms with Gasteiger partial charge in [-0.15, -0.1) is 0 Å². The molecule has 4 aromatic rings. The van der Waals surface area contributed by atoms with Crippen molar-refractivity contribution in [1.29, 1.82) is 0 Å². The summed E-state index contributed by atoms with van der Waals surface area (Å²) in [4.78, 5) is 28.2. The van der Waals surface area contributed by atoms with E-state index in [1.54, 1.807) is 24.3 Å². The zero-order valence-electron chi connectivity index (χ0n) is 23.3. The van der Waals surface area contributed by atoms with Crippen molar-refractivity contribution in [2.75, 3.05) is 24.5 Å².